The van der Waals surface area contributed by atoms with Gasteiger partial charge in [0.25, 0.3) is 0 Å². The Morgan fingerprint density at radius 2 is 1.43 bits per heavy atom. The molecule has 23 heavy (non-hydrogen) atoms. The van der Waals surface area contributed by atoms with Crippen LogP contribution in [-0.2, 0) is 9.84 Å². The second-order valence-electron chi connectivity index (χ2n) is 5.03. The quantitative estimate of drug-likeness (QED) is 0.657. The number of benzene rings is 2. The van der Waals surface area contributed by atoms with Crippen LogP contribution in [0.15, 0.2) is 77.7 Å². The summed E-state index contributed by atoms with van der Waals surface area (Å²) in [5.74, 6) is -0.882. The molecule has 0 saturated heterocycles. The van der Waals surface area contributed by atoms with Crippen molar-refractivity contribution in [2.75, 3.05) is 5.75 Å². The van der Waals surface area contributed by atoms with Gasteiger partial charge in [0.05, 0.1) is 9.77 Å². The van der Waals surface area contributed by atoms with E-state index in [0.717, 1.165) is 10.4 Å². The van der Waals surface area contributed by atoms with E-state index in [1.54, 1.807) is 24.3 Å². The summed E-state index contributed by atoms with van der Waals surface area (Å²) < 4.78 is 24.6. The number of Topliss-reactive ketones (excluding diaryl/α,β-unsaturated/α-hetero) is 1. The van der Waals surface area contributed by atoms with E-state index in [1.165, 1.54) is 23.5 Å². The Morgan fingerprint density at radius 1 is 0.826 bits per heavy atom. The molecule has 0 radical (unpaired) electrons. The molecule has 0 N–H and O–H groups in total. The number of sulfone groups is 1. The molecular formula is C18H14O3S2. The van der Waals surface area contributed by atoms with Crippen LogP contribution >= 0.6 is 11.3 Å². The van der Waals surface area contributed by atoms with E-state index in [0.29, 0.717) is 4.88 Å². The summed E-state index contributed by atoms with van der Waals surface area (Å²) >= 11 is 1.32. The van der Waals surface area contributed by atoms with E-state index in [9.17, 15) is 13.2 Å². The van der Waals surface area contributed by atoms with Crippen LogP contribution in [0.2, 0.25) is 0 Å². The Bertz CT molecular complexity index is 911. The molecule has 0 unspecified atom stereocenters. The maximum absolute atomic E-state index is 12.3. The average molecular weight is 342 g/mol. The molecule has 0 amide bonds. The molecule has 0 spiro atoms. The van der Waals surface area contributed by atoms with Crippen molar-refractivity contribution < 1.29 is 13.2 Å². The second kappa shape index (κ2) is 6.48. The highest BCUT2D eigenvalue weighted by atomic mass is 32.2. The first kappa shape index (κ1) is 15.6. The number of thiophene rings is 1. The third-order valence-electron chi connectivity index (χ3n) is 3.36. The molecule has 3 nitrogen and oxygen atoms in total. The van der Waals surface area contributed by atoms with Crippen molar-refractivity contribution in [3.63, 3.8) is 0 Å². The van der Waals surface area contributed by atoms with Crippen molar-refractivity contribution in [2.24, 2.45) is 0 Å². The summed E-state index contributed by atoms with van der Waals surface area (Å²) in [6.07, 6.45) is 0. The van der Waals surface area contributed by atoms with E-state index in [1.807, 2.05) is 36.4 Å². The lowest BCUT2D eigenvalue weighted by atomic mass is 10.2. The zero-order valence-electron chi connectivity index (χ0n) is 12.2. The molecular weight excluding hydrogens is 328 g/mol. The van der Waals surface area contributed by atoms with Gasteiger partial charge in [-0.3, -0.25) is 4.79 Å². The van der Waals surface area contributed by atoms with Gasteiger partial charge in [-0.15, -0.1) is 11.3 Å². The smallest absolute Gasteiger partial charge is 0.188 e. The lowest BCUT2D eigenvalue weighted by Crippen LogP contribution is -2.15. The van der Waals surface area contributed by atoms with E-state index >= 15 is 0 Å². The molecule has 0 aliphatic heterocycles. The van der Waals surface area contributed by atoms with Gasteiger partial charge in [0.15, 0.2) is 15.6 Å². The van der Waals surface area contributed by atoms with E-state index < -0.39 is 15.6 Å². The molecule has 0 aliphatic carbocycles. The zero-order chi connectivity index (χ0) is 16.3. The van der Waals surface area contributed by atoms with E-state index in [-0.39, 0.29) is 10.7 Å². The number of carbonyl (C=O) groups is 1. The van der Waals surface area contributed by atoms with Crippen molar-refractivity contribution in [1.82, 2.24) is 0 Å². The predicted octanol–water partition coefficient (Wildman–Crippen LogP) is 4.07. The van der Waals surface area contributed by atoms with E-state index in [4.69, 9.17) is 0 Å². The van der Waals surface area contributed by atoms with Gasteiger partial charge in [0.1, 0.15) is 5.75 Å². The average Bonchev–Trinajstić information content (AvgIpc) is 3.06. The molecule has 3 aromatic rings. The highest BCUT2D eigenvalue weighted by Crippen LogP contribution is 2.28. The van der Waals surface area contributed by atoms with Crippen LogP contribution in [0, 0.1) is 0 Å². The SMILES string of the molecule is O=C(CS(=O)(=O)c1ccccc1)c1ccc(-c2ccccc2)s1. The van der Waals surface area contributed by atoms with Crippen LogP contribution in [0.25, 0.3) is 10.4 Å². The van der Waals surface area contributed by atoms with Gasteiger partial charge in [0.2, 0.25) is 0 Å². The number of hydrogen-bond donors (Lipinski definition) is 0. The summed E-state index contributed by atoms with van der Waals surface area (Å²) in [6, 6.07) is 21.3. The van der Waals surface area contributed by atoms with Crippen LogP contribution in [-0.4, -0.2) is 20.0 Å². The van der Waals surface area contributed by atoms with Crippen LogP contribution in [0.3, 0.4) is 0 Å². The van der Waals surface area contributed by atoms with Crippen molar-refractivity contribution >= 4 is 27.0 Å². The van der Waals surface area contributed by atoms with Gasteiger partial charge in [-0.25, -0.2) is 8.42 Å². The topological polar surface area (TPSA) is 51.2 Å². The maximum Gasteiger partial charge on any atom is 0.188 e. The van der Waals surface area contributed by atoms with E-state index in [2.05, 4.69) is 0 Å². The first-order valence-electron chi connectivity index (χ1n) is 7.02. The molecule has 0 fully saturated rings. The fourth-order valence-electron chi connectivity index (χ4n) is 2.20. The Kier molecular flexibility index (Phi) is 4.41. The first-order valence-corrected chi connectivity index (χ1v) is 9.49. The van der Waals surface area contributed by atoms with Crippen LogP contribution in [0.1, 0.15) is 9.67 Å². The Balaban J connectivity index is 1.81. The standard InChI is InChI=1S/C18H14O3S2/c19-16(13-23(20,21)15-9-5-2-6-10-15)18-12-11-17(22-18)14-7-3-1-4-8-14/h1-12H,13H2. The number of rotatable bonds is 5. The summed E-state index contributed by atoms with van der Waals surface area (Å²) in [4.78, 5) is 13.9. The molecule has 116 valence electrons. The Morgan fingerprint density at radius 3 is 2.09 bits per heavy atom. The van der Waals surface area contributed by atoms with Gasteiger partial charge in [0, 0.05) is 4.88 Å². The van der Waals surface area contributed by atoms with Crippen molar-refractivity contribution in [1.29, 1.82) is 0 Å². The predicted molar refractivity (Wildman–Crippen MR) is 92.6 cm³/mol. The maximum atomic E-state index is 12.3. The third kappa shape index (κ3) is 3.57. The molecule has 0 atom stereocenters. The highest BCUT2D eigenvalue weighted by molar-refractivity contribution is 7.92. The Hall–Kier alpha value is -2.24. The number of hydrogen-bond acceptors (Lipinski definition) is 4. The van der Waals surface area contributed by atoms with Crippen LogP contribution < -0.4 is 0 Å². The second-order valence-corrected chi connectivity index (χ2v) is 8.10. The van der Waals surface area contributed by atoms with Gasteiger partial charge in [-0.2, -0.15) is 0 Å². The molecule has 0 aliphatic rings. The van der Waals surface area contributed by atoms with Crippen LogP contribution in [0.5, 0.6) is 0 Å². The number of ketones is 1. The number of carbonyl (C=O) groups excluding carboxylic acids is 1. The molecule has 0 saturated carbocycles. The van der Waals surface area contributed by atoms with Crippen molar-refractivity contribution in [3.8, 4) is 10.4 Å². The monoisotopic (exact) mass is 342 g/mol. The minimum atomic E-state index is -3.61. The minimum absolute atomic E-state index is 0.174. The summed E-state index contributed by atoms with van der Waals surface area (Å²) in [7, 11) is -3.61. The fourth-order valence-corrected chi connectivity index (χ4v) is 4.48. The third-order valence-corrected chi connectivity index (χ3v) is 6.17. The Labute approximate surface area is 139 Å². The van der Waals surface area contributed by atoms with Gasteiger partial charge in [-0.05, 0) is 29.8 Å². The lowest BCUT2D eigenvalue weighted by Gasteiger charge is -2.02. The molecule has 2 aromatic carbocycles. The van der Waals surface area contributed by atoms with Crippen molar-refractivity contribution in [3.05, 3.63) is 77.7 Å². The van der Waals surface area contributed by atoms with Gasteiger partial charge in [-0.1, -0.05) is 48.5 Å². The minimum Gasteiger partial charge on any atom is -0.292 e. The molecule has 1 heterocycles. The zero-order valence-corrected chi connectivity index (χ0v) is 13.8. The summed E-state index contributed by atoms with van der Waals surface area (Å²) in [5, 5.41) is 0. The summed E-state index contributed by atoms with van der Waals surface area (Å²) in [5.41, 5.74) is 1.02. The largest absolute Gasteiger partial charge is 0.292 e. The van der Waals surface area contributed by atoms with Crippen molar-refractivity contribution in [2.45, 2.75) is 4.90 Å². The molecule has 5 heteroatoms. The van der Waals surface area contributed by atoms with Gasteiger partial charge >= 0.3 is 0 Å². The summed E-state index contributed by atoms with van der Waals surface area (Å²) in [6.45, 7) is 0. The lowest BCUT2D eigenvalue weighted by molar-refractivity contribution is 0.102. The molecule has 0 bridgehead atoms. The van der Waals surface area contributed by atoms with Crippen LogP contribution in [0.4, 0.5) is 0 Å². The van der Waals surface area contributed by atoms with Gasteiger partial charge < -0.3 is 0 Å². The normalized spacial score (nSPS) is 11.3. The first-order chi connectivity index (χ1) is 11.1. The highest BCUT2D eigenvalue weighted by Gasteiger charge is 2.21. The fraction of sp³-hybridized carbons (Fsp3) is 0.0556. The molecule has 3 rings (SSSR count). The molecule has 1 aromatic heterocycles.